The topological polar surface area (TPSA) is 238 Å². The highest BCUT2D eigenvalue weighted by Gasteiger charge is 2.35. The number of amides is 4. The van der Waals surface area contributed by atoms with E-state index in [0.29, 0.717) is 6.42 Å². The van der Waals surface area contributed by atoms with Crippen LogP contribution in [-0.2, 0) is 33.5 Å². The summed E-state index contributed by atoms with van der Waals surface area (Å²) in [5.41, 5.74) is -0.876. The Balaban J connectivity index is 5.94. The number of rotatable bonds is 17. The normalized spacial score (nSPS) is 15.6. The Morgan fingerprint density at radius 2 is 1.34 bits per heavy atom. The first-order valence-electron chi connectivity index (χ1n) is 12.9. The third-order valence-corrected chi connectivity index (χ3v) is 5.73. The first-order chi connectivity index (χ1) is 18.8. The Hall–Kier alpha value is -3.82. The Labute approximate surface area is 236 Å². The molecule has 0 saturated carbocycles. The predicted octanol–water partition coefficient (Wildman–Crippen LogP) is -0.361. The highest BCUT2D eigenvalue weighted by Crippen LogP contribution is 2.12. The number of ketones is 1. The number of alkyl carbamates (subject to hydrolysis) is 1. The molecule has 15 nitrogen and oxygen atoms in total. The lowest BCUT2D eigenvalue weighted by atomic mass is 9.97. The average molecular weight is 593 g/mol. The van der Waals surface area contributed by atoms with E-state index in [0.717, 1.165) is 6.92 Å². The molecule has 0 heterocycles. The van der Waals surface area contributed by atoms with Crippen molar-refractivity contribution in [1.82, 2.24) is 21.3 Å². The molecule has 6 atom stereocenters. The first kappa shape index (κ1) is 37.2. The van der Waals surface area contributed by atoms with E-state index >= 15 is 0 Å². The van der Waals surface area contributed by atoms with Crippen molar-refractivity contribution in [2.24, 2.45) is 5.92 Å². The SMILES string of the molecule is CC[C@H](C)[C@H](NC(=O)OC(C)(C)C)C(=O)N[C@@H](CCC(=O)O)C(=O)N[C@H](C(=O)N[C@@H](CC(=O)O)C(=O)CF)[C@@H](C)O. The van der Waals surface area contributed by atoms with Gasteiger partial charge in [0.05, 0.1) is 12.5 Å². The van der Waals surface area contributed by atoms with E-state index in [1.165, 1.54) is 0 Å². The van der Waals surface area contributed by atoms with Crippen molar-refractivity contribution in [2.75, 3.05) is 6.67 Å². The second kappa shape index (κ2) is 17.1. The number of carbonyl (C=O) groups excluding carboxylic acids is 5. The summed E-state index contributed by atoms with van der Waals surface area (Å²) in [6.45, 7) is 7.74. The minimum Gasteiger partial charge on any atom is -0.481 e. The Bertz CT molecular complexity index is 968. The zero-order chi connectivity index (χ0) is 32.1. The van der Waals surface area contributed by atoms with Crippen LogP contribution in [0.2, 0.25) is 0 Å². The van der Waals surface area contributed by atoms with Gasteiger partial charge in [0.15, 0.2) is 5.78 Å². The molecule has 0 aliphatic heterocycles. The zero-order valence-electron chi connectivity index (χ0n) is 24.0. The lowest BCUT2D eigenvalue weighted by molar-refractivity contribution is -0.141. The van der Waals surface area contributed by atoms with Gasteiger partial charge in [-0.2, -0.15) is 0 Å². The van der Waals surface area contributed by atoms with Crippen LogP contribution < -0.4 is 21.3 Å². The maximum Gasteiger partial charge on any atom is 0.408 e. The number of Topliss-reactive ketones (excluding diaryl/α,β-unsaturated/α-hetero) is 1. The predicted molar refractivity (Wildman–Crippen MR) is 140 cm³/mol. The molecule has 0 aromatic rings. The van der Waals surface area contributed by atoms with Crippen LogP contribution in [0.5, 0.6) is 0 Å². The van der Waals surface area contributed by atoms with E-state index in [-0.39, 0.29) is 0 Å². The number of halogens is 1. The van der Waals surface area contributed by atoms with Crippen molar-refractivity contribution in [1.29, 1.82) is 0 Å². The molecule has 41 heavy (non-hydrogen) atoms. The van der Waals surface area contributed by atoms with Gasteiger partial charge < -0.3 is 41.3 Å². The van der Waals surface area contributed by atoms with Crippen molar-refractivity contribution < 1.29 is 58.0 Å². The molecule has 0 rings (SSSR count). The number of aliphatic hydroxyl groups is 1. The molecule has 4 amide bonds. The van der Waals surface area contributed by atoms with Crippen molar-refractivity contribution in [3.05, 3.63) is 0 Å². The highest BCUT2D eigenvalue weighted by molar-refractivity contribution is 5.97. The molecule has 234 valence electrons. The summed E-state index contributed by atoms with van der Waals surface area (Å²) in [4.78, 5) is 85.2. The van der Waals surface area contributed by atoms with Gasteiger partial charge in [-0.1, -0.05) is 20.3 Å². The second-order valence-corrected chi connectivity index (χ2v) is 10.5. The number of hydrogen-bond donors (Lipinski definition) is 7. The van der Waals surface area contributed by atoms with Crippen LogP contribution in [0.25, 0.3) is 0 Å². The quantitative estimate of drug-likeness (QED) is 0.115. The van der Waals surface area contributed by atoms with Gasteiger partial charge in [-0.3, -0.25) is 28.8 Å². The van der Waals surface area contributed by atoms with Gasteiger partial charge in [-0.25, -0.2) is 9.18 Å². The summed E-state index contributed by atoms with van der Waals surface area (Å²) in [5.74, 6) is -7.74. The lowest BCUT2D eigenvalue weighted by Gasteiger charge is -2.29. The first-order valence-corrected chi connectivity index (χ1v) is 12.9. The fourth-order valence-electron chi connectivity index (χ4n) is 3.37. The molecule has 0 aromatic carbocycles. The van der Waals surface area contributed by atoms with Gasteiger partial charge in [-0.05, 0) is 40.0 Å². The number of carbonyl (C=O) groups is 7. The van der Waals surface area contributed by atoms with E-state index in [9.17, 15) is 43.1 Å². The maximum atomic E-state index is 13.1. The van der Waals surface area contributed by atoms with E-state index in [2.05, 4.69) is 16.0 Å². The molecular weight excluding hydrogens is 551 g/mol. The summed E-state index contributed by atoms with van der Waals surface area (Å²) in [7, 11) is 0. The number of alkyl halides is 1. The number of ether oxygens (including phenoxy) is 1. The Kier molecular flexibility index (Phi) is 15.5. The molecule has 0 spiro atoms. The number of carboxylic acid groups (broad SMARTS) is 2. The molecule has 0 bridgehead atoms. The van der Waals surface area contributed by atoms with Gasteiger partial charge in [0.2, 0.25) is 17.7 Å². The minimum absolute atomic E-state index is 0.416. The minimum atomic E-state index is -1.80. The number of aliphatic hydroxyl groups excluding tert-OH is 1. The molecule has 0 aliphatic rings. The van der Waals surface area contributed by atoms with Crippen molar-refractivity contribution in [2.45, 2.75) is 103 Å². The third-order valence-electron chi connectivity index (χ3n) is 5.73. The number of nitrogens with one attached hydrogen (secondary N) is 4. The molecule has 7 N–H and O–H groups in total. The molecule has 0 radical (unpaired) electrons. The van der Waals surface area contributed by atoms with E-state index in [1.807, 2.05) is 5.32 Å². The smallest absolute Gasteiger partial charge is 0.408 e. The van der Waals surface area contributed by atoms with Crippen LogP contribution in [0.1, 0.15) is 67.2 Å². The fourth-order valence-corrected chi connectivity index (χ4v) is 3.37. The second-order valence-electron chi connectivity index (χ2n) is 10.5. The fraction of sp³-hybridized carbons (Fsp3) is 0.720. The van der Waals surface area contributed by atoms with Gasteiger partial charge in [0.1, 0.15) is 36.4 Å². The molecule has 0 aromatic heterocycles. The van der Waals surface area contributed by atoms with Gasteiger partial charge in [-0.15, -0.1) is 0 Å². The number of hydrogen-bond acceptors (Lipinski definition) is 9. The van der Waals surface area contributed by atoms with Crippen LogP contribution in [0.3, 0.4) is 0 Å². The average Bonchev–Trinajstić information content (AvgIpc) is 2.84. The van der Waals surface area contributed by atoms with Gasteiger partial charge in [0.25, 0.3) is 0 Å². The summed E-state index contributed by atoms with van der Waals surface area (Å²) >= 11 is 0. The summed E-state index contributed by atoms with van der Waals surface area (Å²) in [6, 6.07) is -6.36. The molecule has 0 unspecified atom stereocenters. The van der Waals surface area contributed by atoms with Crippen LogP contribution in [0.15, 0.2) is 0 Å². The maximum absolute atomic E-state index is 13.1. The number of carboxylic acids is 2. The summed E-state index contributed by atoms with van der Waals surface area (Å²) in [6.07, 6.45) is -4.13. The molecule has 0 saturated heterocycles. The standard InChI is InChI=1S/C25H41FN4O11/c1-7-12(2)19(30-24(40)41-25(4,5)6)22(38)27-14(8-9-17(33)34)21(37)29-20(13(3)31)23(39)28-15(10-18(35)36)16(32)11-26/h12-15,19-20,31H,7-11H2,1-6H3,(H,27,38)(H,28,39)(H,29,37)(H,30,40)(H,33,34)(H,35,36)/t12-,13+,14-,15-,19-,20-/m0/s1. The van der Waals surface area contributed by atoms with Gasteiger partial charge >= 0.3 is 18.0 Å². The number of aliphatic carboxylic acids is 2. The highest BCUT2D eigenvalue weighted by atomic mass is 19.1. The van der Waals surface area contributed by atoms with Crippen molar-refractivity contribution in [3.63, 3.8) is 0 Å². The van der Waals surface area contributed by atoms with E-state index in [4.69, 9.17) is 14.9 Å². The van der Waals surface area contributed by atoms with Gasteiger partial charge in [0, 0.05) is 6.42 Å². The van der Waals surface area contributed by atoms with Crippen molar-refractivity contribution in [3.8, 4) is 0 Å². The summed E-state index contributed by atoms with van der Waals surface area (Å²) in [5, 5.41) is 37.0. The monoisotopic (exact) mass is 592 g/mol. The lowest BCUT2D eigenvalue weighted by Crippen LogP contribution is -2.61. The van der Waals surface area contributed by atoms with Crippen LogP contribution in [-0.4, -0.2) is 99.4 Å². The summed E-state index contributed by atoms with van der Waals surface area (Å²) < 4.78 is 18.0. The van der Waals surface area contributed by atoms with E-state index in [1.54, 1.807) is 34.6 Å². The van der Waals surface area contributed by atoms with Crippen LogP contribution in [0.4, 0.5) is 9.18 Å². The molecule has 0 aliphatic carbocycles. The molecular formula is C25H41FN4O11. The van der Waals surface area contributed by atoms with Crippen LogP contribution in [0, 0.1) is 5.92 Å². The zero-order valence-corrected chi connectivity index (χ0v) is 24.0. The largest absolute Gasteiger partial charge is 0.481 e. The van der Waals surface area contributed by atoms with Crippen molar-refractivity contribution >= 4 is 41.5 Å². The van der Waals surface area contributed by atoms with E-state index < -0.39 is 109 Å². The van der Waals surface area contributed by atoms with Crippen LogP contribution >= 0.6 is 0 Å². The molecule has 16 heteroatoms. The Morgan fingerprint density at radius 1 is 0.805 bits per heavy atom. The third kappa shape index (κ3) is 14.4. The molecule has 0 fully saturated rings. The Morgan fingerprint density at radius 3 is 1.78 bits per heavy atom.